The Balaban J connectivity index is 0.916. The van der Waals surface area contributed by atoms with E-state index in [4.69, 9.17) is 32.7 Å². The Morgan fingerprint density at radius 2 is 1.67 bits per heavy atom. The molecule has 1 unspecified atom stereocenters. The van der Waals surface area contributed by atoms with Crippen LogP contribution in [0.25, 0.3) is 0 Å². The maximum Gasteiger partial charge on any atom is 0.253 e. The molecule has 15 nitrogen and oxygen atoms in total. The zero-order valence-corrected chi connectivity index (χ0v) is 39.1. The van der Waals surface area contributed by atoms with Crippen molar-refractivity contribution in [2.24, 2.45) is 16.2 Å². The molecule has 3 aromatic rings. The number of nitrogens with one attached hydrogen (secondary N) is 3. The van der Waals surface area contributed by atoms with Gasteiger partial charge >= 0.3 is 0 Å². The molecular formula is C47H60Cl2N8O7. The van der Waals surface area contributed by atoms with E-state index < -0.39 is 46.2 Å². The number of hydrogen-bond acceptors (Lipinski definition) is 11. The molecule has 6 rings (SSSR count). The molecule has 0 bridgehead atoms. The number of aliphatic hydroxyl groups excluding tert-OH is 1. The van der Waals surface area contributed by atoms with Crippen LogP contribution in [0.15, 0.2) is 60.8 Å². The van der Waals surface area contributed by atoms with Crippen LogP contribution in [0, 0.1) is 27.6 Å². The summed E-state index contributed by atoms with van der Waals surface area (Å²) in [6.45, 7) is 17.6. The third-order valence-electron chi connectivity index (χ3n) is 12.6. The first-order chi connectivity index (χ1) is 30.2. The predicted molar refractivity (Wildman–Crippen MR) is 244 cm³/mol. The highest BCUT2D eigenvalue weighted by molar-refractivity contribution is 6.31. The molecule has 64 heavy (non-hydrogen) atoms. The number of amides is 4. The van der Waals surface area contributed by atoms with E-state index in [2.05, 4.69) is 64.5 Å². The maximum atomic E-state index is 13.9. The van der Waals surface area contributed by atoms with Crippen LogP contribution in [0.4, 0.5) is 5.82 Å². The van der Waals surface area contributed by atoms with Crippen LogP contribution in [0.2, 0.25) is 10.0 Å². The molecule has 3 aliphatic rings. The average molecular weight is 920 g/mol. The molecule has 3 heterocycles. The quantitative estimate of drug-likeness (QED) is 0.153. The molecule has 3 atom stereocenters. The third-order valence-corrected chi connectivity index (χ3v) is 13.1. The summed E-state index contributed by atoms with van der Waals surface area (Å²) in [6.07, 6.45) is 0.613. The molecule has 0 radical (unpaired) electrons. The Morgan fingerprint density at radius 1 is 0.984 bits per heavy atom. The van der Waals surface area contributed by atoms with Crippen LogP contribution < -0.4 is 25.6 Å². The first-order valence-electron chi connectivity index (χ1n) is 21.7. The van der Waals surface area contributed by atoms with E-state index in [1.54, 1.807) is 54.7 Å². The number of piperazine rings is 1. The number of likely N-dealkylation sites (tertiary alicyclic amines) is 1. The van der Waals surface area contributed by atoms with Gasteiger partial charge < -0.3 is 40.3 Å². The Hall–Kier alpha value is -4.98. The number of nitriles is 1. The van der Waals surface area contributed by atoms with Gasteiger partial charge in [0, 0.05) is 86.4 Å². The van der Waals surface area contributed by atoms with Crippen molar-refractivity contribution in [2.75, 3.05) is 57.4 Å². The van der Waals surface area contributed by atoms with E-state index in [1.807, 2.05) is 26.8 Å². The molecule has 1 aromatic heterocycles. The number of carbonyl (C=O) groups is 4. The maximum absolute atomic E-state index is 13.9. The molecule has 1 aliphatic carbocycles. The average Bonchev–Trinajstić information content (AvgIpc) is 3.66. The summed E-state index contributed by atoms with van der Waals surface area (Å²) in [6, 6.07) is 15.8. The van der Waals surface area contributed by atoms with Crippen LogP contribution in [0.3, 0.4) is 0 Å². The molecule has 4 amide bonds. The minimum atomic E-state index is -0.955. The van der Waals surface area contributed by atoms with Crippen molar-refractivity contribution < 1.29 is 33.8 Å². The molecule has 0 spiro atoms. The van der Waals surface area contributed by atoms with Crippen molar-refractivity contribution in [3.05, 3.63) is 87.5 Å². The van der Waals surface area contributed by atoms with E-state index in [1.165, 1.54) is 4.90 Å². The number of hydrogen-bond donors (Lipinski definition) is 4. The summed E-state index contributed by atoms with van der Waals surface area (Å²) in [7, 11) is 0. The van der Waals surface area contributed by atoms with Gasteiger partial charge in [-0.1, -0.05) is 83.8 Å². The Bertz CT molecular complexity index is 2190. The monoisotopic (exact) mass is 918 g/mol. The minimum absolute atomic E-state index is 0.0153. The van der Waals surface area contributed by atoms with Gasteiger partial charge in [-0.3, -0.25) is 24.1 Å². The number of β-amino-alcohol motifs (C(OH)–C–C–N with tert-alkyl or cyclic N) is 1. The van der Waals surface area contributed by atoms with Crippen molar-refractivity contribution >= 4 is 52.6 Å². The second-order valence-corrected chi connectivity index (χ2v) is 20.0. The number of rotatable bonds is 15. The fourth-order valence-corrected chi connectivity index (χ4v) is 9.65. The van der Waals surface area contributed by atoms with Gasteiger partial charge in [0.25, 0.3) is 5.91 Å². The van der Waals surface area contributed by atoms with Gasteiger partial charge in [-0.25, -0.2) is 4.98 Å². The SMILES string of the molecule is CC(C)(C)C(NC(=O)COCCN1CCN(c2ccc(C(=O)N[C@H]3C(C)(C)[C@H](Oc4ccc(C#N)c(Cl)c4)C3(C)C)cn2)CC1)C(=O)N1C[C@H](O)C[C@H]1C(=O)NCc1ccc(Cl)cc1. The van der Waals surface area contributed by atoms with E-state index in [0.717, 1.165) is 37.6 Å². The lowest BCUT2D eigenvalue weighted by atomic mass is 9.49. The molecular weight excluding hydrogens is 859 g/mol. The third kappa shape index (κ3) is 11.3. The Kier molecular flexibility index (Phi) is 15.2. The van der Waals surface area contributed by atoms with Gasteiger partial charge in [0.05, 0.1) is 28.9 Å². The number of aromatic nitrogens is 1. The number of aliphatic hydroxyl groups is 1. The zero-order valence-electron chi connectivity index (χ0n) is 37.6. The summed E-state index contributed by atoms with van der Waals surface area (Å²) >= 11 is 12.2. The van der Waals surface area contributed by atoms with Crippen LogP contribution in [0.5, 0.6) is 5.75 Å². The van der Waals surface area contributed by atoms with Gasteiger partial charge in [-0.05, 0) is 47.4 Å². The number of pyridine rings is 1. The van der Waals surface area contributed by atoms with E-state index in [9.17, 15) is 29.5 Å². The molecule has 2 aliphatic heterocycles. The first-order valence-corrected chi connectivity index (χ1v) is 22.4. The zero-order chi connectivity index (χ0) is 46.6. The Morgan fingerprint density at radius 3 is 2.28 bits per heavy atom. The number of carbonyl (C=O) groups excluding carboxylic acids is 4. The van der Waals surface area contributed by atoms with Crippen molar-refractivity contribution in [2.45, 2.75) is 91.8 Å². The fourth-order valence-electron chi connectivity index (χ4n) is 9.31. The smallest absolute Gasteiger partial charge is 0.253 e. The van der Waals surface area contributed by atoms with Gasteiger partial charge in [0.15, 0.2) is 0 Å². The minimum Gasteiger partial charge on any atom is -0.489 e. The first kappa shape index (κ1) is 48.5. The number of ether oxygens (including phenoxy) is 2. The van der Waals surface area contributed by atoms with Crippen LogP contribution >= 0.6 is 23.2 Å². The van der Waals surface area contributed by atoms with Crippen LogP contribution in [0.1, 0.15) is 76.4 Å². The highest BCUT2D eigenvalue weighted by Crippen LogP contribution is 2.55. The highest BCUT2D eigenvalue weighted by Gasteiger charge is 2.64. The Labute approximate surface area is 385 Å². The largest absolute Gasteiger partial charge is 0.489 e. The van der Waals surface area contributed by atoms with Gasteiger partial charge in [0.2, 0.25) is 17.7 Å². The topological polar surface area (TPSA) is 189 Å². The molecule has 2 aromatic carbocycles. The molecule has 344 valence electrons. The lowest BCUT2D eigenvalue weighted by Crippen LogP contribution is -2.74. The number of anilines is 1. The van der Waals surface area contributed by atoms with E-state index in [0.29, 0.717) is 40.1 Å². The number of benzene rings is 2. The summed E-state index contributed by atoms with van der Waals surface area (Å²) < 4.78 is 12.1. The summed E-state index contributed by atoms with van der Waals surface area (Å²) in [5.41, 5.74) is 0.198. The molecule has 1 saturated carbocycles. The van der Waals surface area contributed by atoms with Crippen molar-refractivity contribution in [1.82, 2.24) is 30.7 Å². The fraction of sp³-hybridized carbons (Fsp3) is 0.532. The second kappa shape index (κ2) is 20.0. The predicted octanol–water partition coefficient (Wildman–Crippen LogP) is 4.82. The van der Waals surface area contributed by atoms with Gasteiger partial charge in [0.1, 0.15) is 42.4 Å². The van der Waals surface area contributed by atoms with E-state index in [-0.39, 0.29) is 50.1 Å². The van der Waals surface area contributed by atoms with Crippen LogP contribution in [-0.4, -0.2) is 126 Å². The van der Waals surface area contributed by atoms with Crippen molar-refractivity contribution in [3.63, 3.8) is 0 Å². The molecule has 3 fully saturated rings. The standard InChI is InChI=1S/C47H60Cl2N8O7/c1-45(2,3)39(42(62)57-27-33(58)22-36(57)41(61)52-25-29-8-12-32(48)13-9-29)53-38(59)28-63-21-20-55-16-18-56(19-17-55)37-15-11-31(26-51-37)40(60)54-43-46(4,5)44(47(43,6)7)64-34-14-10-30(24-50)35(49)23-34/h8-15,23,26,33,36,39,43-44,58H,16-22,25,27-28H2,1-7H3,(H,52,61)(H,53,59)(H,54,60)/t33-,36+,39?,43-,44-/m1/s1. The lowest BCUT2D eigenvalue weighted by molar-refractivity contribution is -0.164. The normalized spacial score (nSPS) is 22.1. The number of nitrogens with zero attached hydrogens (tertiary/aromatic N) is 5. The summed E-state index contributed by atoms with van der Waals surface area (Å²) in [4.78, 5) is 64.1. The van der Waals surface area contributed by atoms with Crippen molar-refractivity contribution in [3.8, 4) is 11.8 Å². The van der Waals surface area contributed by atoms with E-state index >= 15 is 0 Å². The van der Waals surface area contributed by atoms with Crippen LogP contribution in [-0.2, 0) is 25.7 Å². The summed E-state index contributed by atoms with van der Waals surface area (Å²) in [5, 5.41) is 29.5. The van der Waals surface area contributed by atoms with Crippen molar-refractivity contribution in [1.29, 1.82) is 5.26 Å². The number of halogens is 2. The highest BCUT2D eigenvalue weighted by atomic mass is 35.5. The lowest BCUT2D eigenvalue weighted by Gasteiger charge is -2.63. The molecule has 17 heteroatoms. The molecule has 2 saturated heterocycles. The second-order valence-electron chi connectivity index (χ2n) is 19.2. The summed E-state index contributed by atoms with van der Waals surface area (Å²) in [5.74, 6) is -0.138. The van der Waals surface area contributed by atoms with Gasteiger partial charge in [-0.15, -0.1) is 0 Å². The van der Waals surface area contributed by atoms with Gasteiger partial charge in [-0.2, -0.15) is 5.26 Å². The molecule has 4 N–H and O–H groups in total.